The van der Waals surface area contributed by atoms with E-state index in [4.69, 9.17) is 14.6 Å². The molecule has 2 N–H and O–H groups in total. The third-order valence-electron chi connectivity index (χ3n) is 3.43. The summed E-state index contributed by atoms with van der Waals surface area (Å²) in [6.45, 7) is 2.04. The van der Waals surface area contributed by atoms with Crippen LogP contribution in [0.1, 0.15) is 16.9 Å². The van der Waals surface area contributed by atoms with Gasteiger partial charge in [-0.25, -0.2) is 0 Å². The van der Waals surface area contributed by atoms with Gasteiger partial charge in [0.1, 0.15) is 11.3 Å². The molecule has 0 atom stereocenters. The lowest BCUT2D eigenvalue weighted by Crippen LogP contribution is -2.17. The molecule has 0 radical (unpaired) electrons. The highest BCUT2D eigenvalue weighted by atomic mass is 16.3. The number of benzene rings is 1. The van der Waals surface area contributed by atoms with Crippen molar-refractivity contribution >= 4 is 11.0 Å². The van der Waals surface area contributed by atoms with Gasteiger partial charge in [-0.2, -0.15) is 0 Å². The molecule has 4 heteroatoms. The smallest absolute Gasteiger partial charge is 0.134 e. The van der Waals surface area contributed by atoms with Crippen molar-refractivity contribution in [2.75, 3.05) is 7.05 Å². The monoisotopic (exact) mass is 270 g/mol. The maximum absolute atomic E-state index is 5.93. The number of para-hydroxylation sites is 1. The van der Waals surface area contributed by atoms with Gasteiger partial charge in [0.2, 0.25) is 0 Å². The van der Waals surface area contributed by atoms with Crippen molar-refractivity contribution in [3.8, 4) is 0 Å². The first kappa shape index (κ1) is 13.0. The molecule has 2 heterocycles. The van der Waals surface area contributed by atoms with Gasteiger partial charge >= 0.3 is 0 Å². The quantitative estimate of drug-likeness (QED) is 0.774. The van der Waals surface area contributed by atoms with Crippen molar-refractivity contribution in [3.05, 3.63) is 59.7 Å². The van der Waals surface area contributed by atoms with Crippen LogP contribution in [0, 0.1) is 0 Å². The number of furan rings is 2. The zero-order valence-corrected chi connectivity index (χ0v) is 11.5. The van der Waals surface area contributed by atoms with E-state index in [0.717, 1.165) is 40.9 Å². The molecule has 20 heavy (non-hydrogen) atoms. The Kier molecular flexibility index (Phi) is 3.58. The molecule has 4 nitrogen and oxygen atoms in total. The molecule has 0 aliphatic heterocycles. The van der Waals surface area contributed by atoms with Crippen LogP contribution < -0.4 is 5.73 Å². The Morgan fingerprint density at radius 1 is 1.15 bits per heavy atom. The van der Waals surface area contributed by atoms with Crippen molar-refractivity contribution in [2.45, 2.75) is 19.6 Å². The molecule has 2 aromatic heterocycles. The van der Waals surface area contributed by atoms with Gasteiger partial charge in [0.05, 0.1) is 19.1 Å². The number of hydrogen-bond acceptors (Lipinski definition) is 4. The molecular formula is C16H18N2O2. The highest BCUT2D eigenvalue weighted by Gasteiger charge is 2.14. The third-order valence-corrected chi connectivity index (χ3v) is 3.43. The first-order valence-corrected chi connectivity index (χ1v) is 6.67. The summed E-state index contributed by atoms with van der Waals surface area (Å²) in [5.41, 5.74) is 9.03. The van der Waals surface area contributed by atoms with Crippen LogP contribution in [0.15, 0.2) is 51.7 Å². The third kappa shape index (κ3) is 2.48. The van der Waals surface area contributed by atoms with Crippen LogP contribution in [0.3, 0.4) is 0 Å². The van der Waals surface area contributed by atoms with E-state index in [1.807, 2.05) is 24.3 Å². The van der Waals surface area contributed by atoms with Gasteiger partial charge in [0.15, 0.2) is 0 Å². The van der Waals surface area contributed by atoms with Crippen molar-refractivity contribution in [1.82, 2.24) is 4.90 Å². The number of nitrogens with zero attached hydrogens (tertiary/aromatic N) is 1. The summed E-state index contributed by atoms with van der Waals surface area (Å²) in [6, 6.07) is 9.99. The predicted octanol–water partition coefficient (Wildman–Crippen LogP) is 3.12. The van der Waals surface area contributed by atoms with Crippen LogP contribution in [0.4, 0.5) is 0 Å². The summed E-state index contributed by atoms with van der Waals surface area (Å²) in [5.74, 6) is 0.944. The lowest BCUT2D eigenvalue weighted by molar-refractivity contribution is 0.289. The normalized spacial score (nSPS) is 11.6. The second-order valence-corrected chi connectivity index (χ2v) is 5.01. The molecule has 0 aliphatic rings. The Balaban J connectivity index is 1.83. The molecule has 0 spiro atoms. The summed E-state index contributed by atoms with van der Waals surface area (Å²) in [7, 11) is 2.06. The fourth-order valence-corrected chi connectivity index (χ4v) is 2.50. The van der Waals surface area contributed by atoms with E-state index in [1.54, 1.807) is 12.5 Å². The average Bonchev–Trinajstić information content (AvgIpc) is 3.05. The second-order valence-electron chi connectivity index (χ2n) is 5.01. The fourth-order valence-electron chi connectivity index (χ4n) is 2.50. The van der Waals surface area contributed by atoms with E-state index >= 15 is 0 Å². The van der Waals surface area contributed by atoms with Gasteiger partial charge in [0, 0.05) is 29.6 Å². The first-order valence-electron chi connectivity index (χ1n) is 6.67. The van der Waals surface area contributed by atoms with Crippen LogP contribution in [-0.4, -0.2) is 11.9 Å². The van der Waals surface area contributed by atoms with E-state index in [2.05, 4.69) is 18.0 Å². The molecule has 0 unspecified atom stereocenters. The highest BCUT2D eigenvalue weighted by molar-refractivity contribution is 5.82. The largest absolute Gasteiger partial charge is 0.472 e. The Hall–Kier alpha value is -2.04. The number of hydrogen-bond donors (Lipinski definition) is 1. The molecule has 3 rings (SSSR count). The van der Waals surface area contributed by atoms with E-state index in [1.165, 1.54) is 0 Å². The first-order chi connectivity index (χ1) is 9.78. The molecule has 1 aromatic carbocycles. The molecule has 3 aromatic rings. The summed E-state index contributed by atoms with van der Waals surface area (Å²) in [6.07, 6.45) is 3.45. The zero-order valence-electron chi connectivity index (χ0n) is 11.5. The maximum Gasteiger partial charge on any atom is 0.134 e. The Bertz CT molecular complexity index is 686. The van der Waals surface area contributed by atoms with Gasteiger partial charge in [-0.3, -0.25) is 4.90 Å². The zero-order chi connectivity index (χ0) is 13.9. The second kappa shape index (κ2) is 5.53. The van der Waals surface area contributed by atoms with Gasteiger partial charge in [-0.1, -0.05) is 18.2 Å². The van der Waals surface area contributed by atoms with E-state index in [9.17, 15) is 0 Å². The topological polar surface area (TPSA) is 55.5 Å². The minimum atomic E-state index is 0.492. The van der Waals surface area contributed by atoms with Gasteiger partial charge < -0.3 is 14.6 Å². The highest BCUT2D eigenvalue weighted by Crippen LogP contribution is 2.26. The Morgan fingerprint density at radius 2 is 2.00 bits per heavy atom. The molecule has 104 valence electrons. The number of nitrogens with two attached hydrogens (primary N) is 1. The molecule has 0 bridgehead atoms. The summed E-state index contributed by atoms with van der Waals surface area (Å²) < 4.78 is 11.0. The van der Waals surface area contributed by atoms with Gasteiger partial charge in [-0.05, 0) is 19.2 Å². The van der Waals surface area contributed by atoms with Crippen LogP contribution in [0.2, 0.25) is 0 Å². The predicted molar refractivity (Wildman–Crippen MR) is 78.0 cm³/mol. The molecule has 0 aliphatic carbocycles. The van der Waals surface area contributed by atoms with E-state index < -0.39 is 0 Å². The van der Waals surface area contributed by atoms with Crippen LogP contribution >= 0.6 is 0 Å². The fraction of sp³-hybridized carbons (Fsp3) is 0.250. The standard InChI is InChI=1S/C16H18N2O2/c1-18(9-12-6-7-19-11-12)10-16-14(8-17)13-4-2-3-5-15(13)20-16/h2-7,11H,8-10,17H2,1H3. The maximum atomic E-state index is 5.93. The van der Waals surface area contributed by atoms with Crippen LogP contribution in [-0.2, 0) is 19.6 Å². The van der Waals surface area contributed by atoms with Gasteiger partial charge in [0.25, 0.3) is 0 Å². The minimum Gasteiger partial charge on any atom is -0.472 e. The Morgan fingerprint density at radius 3 is 2.75 bits per heavy atom. The van der Waals surface area contributed by atoms with Crippen molar-refractivity contribution < 1.29 is 8.83 Å². The number of rotatable bonds is 5. The molecule has 0 fully saturated rings. The van der Waals surface area contributed by atoms with Crippen LogP contribution in [0.5, 0.6) is 0 Å². The molecular weight excluding hydrogens is 252 g/mol. The van der Waals surface area contributed by atoms with Gasteiger partial charge in [-0.15, -0.1) is 0 Å². The summed E-state index contributed by atoms with van der Waals surface area (Å²) in [5, 5.41) is 1.11. The molecule has 0 amide bonds. The minimum absolute atomic E-state index is 0.492. The summed E-state index contributed by atoms with van der Waals surface area (Å²) in [4.78, 5) is 2.18. The molecule has 0 saturated carbocycles. The summed E-state index contributed by atoms with van der Waals surface area (Å²) >= 11 is 0. The van der Waals surface area contributed by atoms with E-state index in [0.29, 0.717) is 6.54 Å². The van der Waals surface area contributed by atoms with E-state index in [-0.39, 0.29) is 0 Å². The Labute approximate surface area is 117 Å². The van der Waals surface area contributed by atoms with Crippen molar-refractivity contribution in [3.63, 3.8) is 0 Å². The SMILES string of the molecule is CN(Cc1ccoc1)Cc1oc2ccccc2c1CN. The average molecular weight is 270 g/mol. The number of fused-ring (bicyclic) bond motifs is 1. The van der Waals surface area contributed by atoms with Crippen LogP contribution in [0.25, 0.3) is 11.0 Å². The lowest BCUT2D eigenvalue weighted by Gasteiger charge is -2.14. The lowest BCUT2D eigenvalue weighted by atomic mass is 10.1. The molecule has 0 saturated heterocycles. The van der Waals surface area contributed by atoms with Crippen molar-refractivity contribution in [2.24, 2.45) is 5.73 Å². The van der Waals surface area contributed by atoms with Crippen molar-refractivity contribution in [1.29, 1.82) is 0 Å².